The van der Waals surface area contributed by atoms with Crippen LogP contribution in [0.25, 0.3) is 23.2 Å². The molecule has 31 heavy (non-hydrogen) atoms. The van der Waals surface area contributed by atoms with Crippen LogP contribution in [0.3, 0.4) is 0 Å². The Labute approximate surface area is 181 Å². The number of nitrogens with zero attached hydrogens (tertiary/aromatic N) is 2. The van der Waals surface area contributed by atoms with Crippen LogP contribution in [0.4, 0.5) is 0 Å². The van der Waals surface area contributed by atoms with Gasteiger partial charge < -0.3 is 9.47 Å². The maximum Gasteiger partial charge on any atom is 0.241 e. The van der Waals surface area contributed by atoms with Crippen LogP contribution in [0, 0.1) is 6.92 Å². The molecular formula is C26H22N2O3. The monoisotopic (exact) mass is 410 g/mol. The molecule has 3 aromatic carbocycles. The van der Waals surface area contributed by atoms with Crippen molar-refractivity contribution in [2.45, 2.75) is 6.92 Å². The molecule has 0 fully saturated rings. The van der Waals surface area contributed by atoms with Gasteiger partial charge in [0.15, 0.2) is 12.4 Å². The quantitative estimate of drug-likeness (QED) is 0.383. The first-order valence-corrected chi connectivity index (χ1v) is 9.94. The van der Waals surface area contributed by atoms with E-state index in [9.17, 15) is 4.79 Å². The van der Waals surface area contributed by atoms with Crippen LogP contribution < -0.4 is 9.47 Å². The molecule has 5 heteroatoms. The summed E-state index contributed by atoms with van der Waals surface area (Å²) in [5.41, 5.74) is 4.72. The van der Waals surface area contributed by atoms with Gasteiger partial charge in [-0.3, -0.25) is 4.79 Å². The van der Waals surface area contributed by atoms with Crippen molar-refractivity contribution in [1.82, 2.24) is 9.97 Å². The first-order valence-electron chi connectivity index (χ1n) is 9.94. The number of Topliss-reactive ketones (excluding diaryl/α,β-unsaturated/α-hetero) is 1. The first kappa shape index (κ1) is 20.3. The summed E-state index contributed by atoms with van der Waals surface area (Å²) in [5, 5.41) is 0. The number of ether oxygens (including phenoxy) is 2. The predicted molar refractivity (Wildman–Crippen MR) is 122 cm³/mol. The molecule has 0 aliphatic rings. The Kier molecular flexibility index (Phi) is 6.03. The van der Waals surface area contributed by atoms with E-state index in [1.54, 1.807) is 19.2 Å². The highest BCUT2D eigenvalue weighted by molar-refractivity contribution is 5.97. The van der Waals surface area contributed by atoms with E-state index in [1.807, 2.05) is 79.7 Å². The molecular weight excluding hydrogens is 388 g/mol. The summed E-state index contributed by atoms with van der Waals surface area (Å²) in [4.78, 5) is 21.8. The second-order valence-electron chi connectivity index (χ2n) is 7.09. The summed E-state index contributed by atoms with van der Waals surface area (Å²) in [7, 11) is 1.64. The van der Waals surface area contributed by atoms with Crippen LogP contribution in [0.2, 0.25) is 0 Å². The predicted octanol–water partition coefficient (Wildman–Crippen LogP) is 5.38. The average Bonchev–Trinajstić information content (AvgIpc) is 2.81. The second kappa shape index (κ2) is 9.22. The highest BCUT2D eigenvalue weighted by Gasteiger charge is 2.12. The lowest BCUT2D eigenvalue weighted by atomic mass is 10.1. The Morgan fingerprint density at radius 2 is 1.55 bits per heavy atom. The van der Waals surface area contributed by atoms with Gasteiger partial charge in [-0.05, 0) is 42.8 Å². The molecule has 0 saturated carbocycles. The standard InChI is InChI=1S/C26H22N2O3/c1-18-7-12-20(13-8-18)25(29)17-31-26-24(27-22-5-3-4-6-23(22)28-26)16-11-19-9-14-21(30-2)15-10-19/h3-16H,17H2,1-2H3/b16-11+. The molecule has 0 bridgehead atoms. The number of methoxy groups -OCH3 is 1. The van der Waals surface area contributed by atoms with Crippen LogP contribution in [-0.2, 0) is 0 Å². The molecule has 1 aromatic heterocycles. The Hall–Kier alpha value is -3.99. The number of ketones is 1. The number of para-hydroxylation sites is 2. The summed E-state index contributed by atoms with van der Waals surface area (Å²) >= 11 is 0. The van der Waals surface area contributed by atoms with Gasteiger partial charge in [0.1, 0.15) is 11.4 Å². The van der Waals surface area contributed by atoms with E-state index in [1.165, 1.54) is 0 Å². The fourth-order valence-corrected chi connectivity index (χ4v) is 3.06. The molecule has 0 unspecified atom stereocenters. The van der Waals surface area contributed by atoms with Gasteiger partial charge in [0.05, 0.1) is 18.1 Å². The van der Waals surface area contributed by atoms with Gasteiger partial charge in [-0.2, -0.15) is 0 Å². The normalized spacial score (nSPS) is 11.0. The van der Waals surface area contributed by atoms with Crippen molar-refractivity contribution in [3.05, 3.63) is 95.2 Å². The first-order chi connectivity index (χ1) is 15.1. The van der Waals surface area contributed by atoms with E-state index in [4.69, 9.17) is 9.47 Å². The third-order valence-corrected chi connectivity index (χ3v) is 4.83. The zero-order valence-corrected chi connectivity index (χ0v) is 17.4. The van der Waals surface area contributed by atoms with E-state index in [0.29, 0.717) is 22.7 Å². The van der Waals surface area contributed by atoms with Crippen molar-refractivity contribution < 1.29 is 14.3 Å². The molecule has 0 spiro atoms. The minimum absolute atomic E-state index is 0.111. The fourth-order valence-electron chi connectivity index (χ4n) is 3.06. The van der Waals surface area contributed by atoms with Crippen molar-refractivity contribution in [2.24, 2.45) is 0 Å². The van der Waals surface area contributed by atoms with Crippen LogP contribution in [0.15, 0.2) is 72.8 Å². The van der Waals surface area contributed by atoms with Crippen molar-refractivity contribution in [3.63, 3.8) is 0 Å². The zero-order chi connectivity index (χ0) is 21.6. The summed E-state index contributed by atoms with van der Waals surface area (Å²) in [5.74, 6) is 1.00. The lowest BCUT2D eigenvalue weighted by molar-refractivity contribution is 0.0918. The SMILES string of the molecule is COc1ccc(/C=C/c2nc3ccccc3nc2OCC(=O)c2ccc(C)cc2)cc1. The summed E-state index contributed by atoms with van der Waals surface area (Å²) in [6.07, 6.45) is 3.76. The Balaban J connectivity index is 1.60. The van der Waals surface area contributed by atoms with Gasteiger partial charge in [-0.25, -0.2) is 9.97 Å². The molecule has 5 nitrogen and oxygen atoms in total. The second-order valence-corrected chi connectivity index (χ2v) is 7.09. The number of aromatic nitrogens is 2. The lowest BCUT2D eigenvalue weighted by Gasteiger charge is -2.09. The van der Waals surface area contributed by atoms with Gasteiger partial charge in [-0.1, -0.05) is 60.2 Å². The van der Waals surface area contributed by atoms with Gasteiger partial charge >= 0.3 is 0 Å². The van der Waals surface area contributed by atoms with E-state index < -0.39 is 0 Å². The van der Waals surface area contributed by atoms with E-state index in [2.05, 4.69) is 9.97 Å². The maximum atomic E-state index is 12.5. The topological polar surface area (TPSA) is 61.3 Å². The molecule has 0 aliphatic heterocycles. The molecule has 0 aliphatic carbocycles. The number of aryl methyl sites for hydroxylation is 1. The molecule has 0 amide bonds. The minimum atomic E-state index is -0.112. The van der Waals surface area contributed by atoms with Gasteiger partial charge in [0.2, 0.25) is 5.88 Å². The van der Waals surface area contributed by atoms with Crippen molar-refractivity contribution in [3.8, 4) is 11.6 Å². The zero-order valence-electron chi connectivity index (χ0n) is 17.4. The molecule has 0 saturated heterocycles. The van der Waals surface area contributed by atoms with Gasteiger partial charge in [0, 0.05) is 5.56 Å². The maximum absolute atomic E-state index is 12.5. The van der Waals surface area contributed by atoms with Crippen molar-refractivity contribution in [1.29, 1.82) is 0 Å². The molecule has 0 N–H and O–H groups in total. The van der Waals surface area contributed by atoms with Crippen LogP contribution >= 0.6 is 0 Å². The van der Waals surface area contributed by atoms with E-state index in [-0.39, 0.29) is 12.4 Å². The molecule has 4 aromatic rings. The highest BCUT2D eigenvalue weighted by atomic mass is 16.5. The molecule has 0 atom stereocenters. The third-order valence-electron chi connectivity index (χ3n) is 4.83. The Morgan fingerprint density at radius 3 is 2.23 bits per heavy atom. The molecule has 1 heterocycles. The lowest BCUT2D eigenvalue weighted by Crippen LogP contribution is -2.13. The highest BCUT2D eigenvalue weighted by Crippen LogP contribution is 2.22. The number of fused-ring (bicyclic) bond motifs is 1. The van der Waals surface area contributed by atoms with Gasteiger partial charge in [0.25, 0.3) is 0 Å². The van der Waals surface area contributed by atoms with Crippen LogP contribution in [0.5, 0.6) is 11.6 Å². The summed E-state index contributed by atoms with van der Waals surface area (Å²) < 4.78 is 11.0. The summed E-state index contributed by atoms with van der Waals surface area (Å²) in [6, 6.07) is 22.7. The molecule has 4 rings (SSSR count). The number of hydrogen-bond donors (Lipinski definition) is 0. The minimum Gasteiger partial charge on any atom is -0.497 e. The van der Waals surface area contributed by atoms with Crippen LogP contribution in [0.1, 0.15) is 27.2 Å². The number of hydrogen-bond acceptors (Lipinski definition) is 5. The van der Waals surface area contributed by atoms with E-state index >= 15 is 0 Å². The molecule has 0 radical (unpaired) electrons. The van der Waals surface area contributed by atoms with Crippen LogP contribution in [-0.4, -0.2) is 29.5 Å². The number of carbonyl (C=O) groups excluding carboxylic acids is 1. The summed E-state index contributed by atoms with van der Waals surface area (Å²) in [6.45, 7) is 1.87. The van der Waals surface area contributed by atoms with E-state index in [0.717, 1.165) is 22.4 Å². The number of benzene rings is 3. The molecule has 154 valence electrons. The Bertz CT molecular complexity index is 1230. The largest absolute Gasteiger partial charge is 0.497 e. The fraction of sp³-hybridized carbons (Fsp3) is 0.115. The van der Waals surface area contributed by atoms with Crippen molar-refractivity contribution in [2.75, 3.05) is 13.7 Å². The van der Waals surface area contributed by atoms with Gasteiger partial charge in [-0.15, -0.1) is 0 Å². The van der Waals surface area contributed by atoms with Crippen molar-refractivity contribution >= 4 is 29.0 Å². The average molecular weight is 410 g/mol. The Morgan fingerprint density at radius 1 is 0.871 bits per heavy atom. The number of rotatable bonds is 7. The smallest absolute Gasteiger partial charge is 0.241 e. The number of carbonyl (C=O) groups is 1. The third kappa shape index (κ3) is 4.95.